The Kier molecular flexibility index (Phi) is 5.10. The largest absolute Gasteiger partial charge is 0.347 e. The Labute approximate surface area is 157 Å². The number of nitrogens with zero attached hydrogens (tertiary/aromatic N) is 6. The van der Waals surface area contributed by atoms with E-state index in [9.17, 15) is 0 Å². The molecule has 27 heavy (non-hydrogen) atoms. The van der Waals surface area contributed by atoms with Gasteiger partial charge in [0, 0.05) is 30.7 Å². The summed E-state index contributed by atoms with van der Waals surface area (Å²) in [5.74, 6) is 0.587. The second kappa shape index (κ2) is 8.18. The molecule has 4 aromatic rings. The fourth-order valence-corrected chi connectivity index (χ4v) is 2.88. The van der Waals surface area contributed by atoms with E-state index in [1.165, 1.54) is 5.56 Å². The van der Waals surface area contributed by atoms with Crippen LogP contribution in [0.1, 0.15) is 18.0 Å². The third-order valence-corrected chi connectivity index (χ3v) is 4.23. The van der Waals surface area contributed by atoms with Crippen LogP contribution in [-0.2, 0) is 6.54 Å². The molecule has 0 radical (unpaired) electrons. The van der Waals surface area contributed by atoms with Crippen LogP contribution in [-0.4, -0.2) is 29.7 Å². The van der Waals surface area contributed by atoms with Crippen molar-refractivity contribution in [3.8, 4) is 11.3 Å². The first-order valence-corrected chi connectivity index (χ1v) is 8.76. The Morgan fingerprint density at radius 2 is 1.89 bits per heavy atom. The van der Waals surface area contributed by atoms with Crippen LogP contribution in [0, 0.1) is 0 Å². The van der Waals surface area contributed by atoms with Gasteiger partial charge in [-0.1, -0.05) is 30.3 Å². The summed E-state index contributed by atoms with van der Waals surface area (Å²) in [4.78, 5) is 17.2. The number of aryl methyl sites for hydroxylation is 1. The van der Waals surface area contributed by atoms with Crippen molar-refractivity contribution in [2.24, 2.45) is 0 Å². The maximum absolute atomic E-state index is 4.66. The molecular weight excluding hydrogens is 338 g/mol. The van der Waals surface area contributed by atoms with Gasteiger partial charge in [-0.3, -0.25) is 9.67 Å². The quantitative estimate of drug-likeness (QED) is 0.546. The maximum Gasteiger partial charge on any atom is 0.223 e. The van der Waals surface area contributed by atoms with Crippen LogP contribution in [0.25, 0.3) is 11.3 Å². The zero-order valence-electron chi connectivity index (χ0n) is 14.7. The minimum atomic E-state index is 0.0551. The number of hydrogen-bond acceptors (Lipinski definition) is 6. The molecule has 1 atom stereocenters. The summed E-state index contributed by atoms with van der Waals surface area (Å²) in [6.45, 7) is 0.745. The molecule has 3 heterocycles. The number of benzene rings is 1. The van der Waals surface area contributed by atoms with Crippen molar-refractivity contribution in [3.63, 3.8) is 0 Å². The zero-order chi connectivity index (χ0) is 18.3. The van der Waals surface area contributed by atoms with Crippen molar-refractivity contribution < 1.29 is 0 Å². The third kappa shape index (κ3) is 4.33. The summed E-state index contributed by atoms with van der Waals surface area (Å²) in [7, 11) is 0. The third-order valence-electron chi connectivity index (χ3n) is 4.23. The van der Waals surface area contributed by atoms with Crippen LogP contribution < -0.4 is 5.32 Å². The number of aromatic nitrogens is 6. The molecule has 0 fully saturated rings. The first-order valence-electron chi connectivity index (χ1n) is 8.76. The fourth-order valence-electron chi connectivity index (χ4n) is 2.88. The van der Waals surface area contributed by atoms with Gasteiger partial charge in [-0.25, -0.2) is 15.0 Å². The number of rotatable bonds is 7. The van der Waals surface area contributed by atoms with E-state index in [0.717, 1.165) is 24.2 Å². The molecule has 0 aliphatic carbocycles. The summed E-state index contributed by atoms with van der Waals surface area (Å²) in [6.07, 6.45) is 9.41. The molecule has 1 N–H and O–H groups in total. The Hall–Kier alpha value is -3.61. The minimum absolute atomic E-state index is 0.0551. The van der Waals surface area contributed by atoms with Gasteiger partial charge in [0.05, 0.1) is 11.7 Å². The van der Waals surface area contributed by atoms with E-state index < -0.39 is 0 Å². The average Bonchev–Trinajstić information content (AvgIpc) is 3.26. The molecule has 7 nitrogen and oxygen atoms in total. The van der Waals surface area contributed by atoms with Crippen LogP contribution in [0.3, 0.4) is 0 Å². The lowest BCUT2D eigenvalue weighted by Gasteiger charge is -2.19. The normalized spacial score (nSPS) is 11.9. The van der Waals surface area contributed by atoms with Gasteiger partial charge in [0.25, 0.3) is 0 Å². The van der Waals surface area contributed by atoms with Gasteiger partial charge in [0.1, 0.15) is 12.7 Å². The van der Waals surface area contributed by atoms with Crippen molar-refractivity contribution in [1.29, 1.82) is 0 Å². The van der Waals surface area contributed by atoms with E-state index in [1.807, 2.05) is 41.1 Å². The molecule has 0 amide bonds. The van der Waals surface area contributed by atoms with E-state index in [4.69, 9.17) is 0 Å². The van der Waals surface area contributed by atoms with Gasteiger partial charge in [-0.15, -0.1) is 0 Å². The van der Waals surface area contributed by atoms with Crippen molar-refractivity contribution in [2.75, 3.05) is 5.32 Å². The highest BCUT2D eigenvalue weighted by Crippen LogP contribution is 2.23. The first-order chi connectivity index (χ1) is 13.4. The predicted octanol–water partition coefficient (Wildman–Crippen LogP) is 3.37. The minimum Gasteiger partial charge on any atom is -0.347 e. The molecule has 0 saturated carbocycles. The van der Waals surface area contributed by atoms with Crippen LogP contribution in [0.2, 0.25) is 0 Å². The number of anilines is 1. The molecule has 0 saturated heterocycles. The Morgan fingerprint density at radius 3 is 2.67 bits per heavy atom. The lowest BCUT2D eigenvalue weighted by atomic mass is 10.0. The van der Waals surface area contributed by atoms with Gasteiger partial charge >= 0.3 is 0 Å². The number of nitrogens with one attached hydrogen (secondary N) is 1. The van der Waals surface area contributed by atoms with Crippen molar-refractivity contribution in [3.05, 3.63) is 85.3 Å². The lowest BCUT2D eigenvalue weighted by molar-refractivity contribution is 0.536. The molecule has 1 aromatic carbocycles. The van der Waals surface area contributed by atoms with Gasteiger partial charge in [-0.2, -0.15) is 5.10 Å². The Bertz CT molecular complexity index is 956. The average molecular weight is 357 g/mol. The van der Waals surface area contributed by atoms with Crippen LogP contribution in [0.5, 0.6) is 0 Å². The summed E-state index contributed by atoms with van der Waals surface area (Å²) >= 11 is 0. The second-order valence-electron chi connectivity index (χ2n) is 6.06. The zero-order valence-corrected chi connectivity index (χ0v) is 14.7. The van der Waals surface area contributed by atoms with Crippen molar-refractivity contribution >= 4 is 5.95 Å². The number of hydrogen-bond donors (Lipinski definition) is 1. The van der Waals surface area contributed by atoms with E-state index in [1.54, 1.807) is 31.2 Å². The Balaban J connectivity index is 1.56. The molecule has 0 aliphatic rings. The molecule has 3 aromatic heterocycles. The van der Waals surface area contributed by atoms with E-state index >= 15 is 0 Å². The second-order valence-corrected chi connectivity index (χ2v) is 6.06. The van der Waals surface area contributed by atoms with Crippen LogP contribution >= 0.6 is 0 Å². The highest BCUT2D eigenvalue weighted by Gasteiger charge is 2.13. The van der Waals surface area contributed by atoms with Gasteiger partial charge in [0.2, 0.25) is 5.95 Å². The molecule has 0 aliphatic heterocycles. The molecule has 4 rings (SSSR count). The first kappa shape index (κ1) is 16.8. The van der Waals surface area contributed by atoms with Crippen LogP contribution in [0.15, 0.2) is 79.8 Å². The summed E-state index contributed by atoms with van der Waals surface area (Å²) in [5, 5.41) is 7.65. The van der Waals surface area contributed by atoms with Gasteiger partial charge < -0.3 is 5.32 Å². The molecular formula is C20H19N7. The summed E-state index contributed by atoms with van der Waals surface area (Å²) in [5.41, 5.74) is 2.97. The highest BCUT2D eigenvalue weighted by atomic mass is 15.3. The predicted molar refractivity (Wildman–Crippen MR) is 103 cm³/mol. The summed E-state index contributed by atoms with van der Waals surface area (Å²) in [6, 6.07) is 16.1. The molecule has 7 heteroatoms. The molecule has 0 bridgehead atoms. The lowest BCUT2D eigenvalue weighted by Crippen LogP contribution is -2.16. The molecule has 0 unspecified atom stereocenters. The fraction of sp³-hybridized carbons (Fsp3) is 0.150. The monoisotopic (exact) mass is 357 g/mol. The maximum atomic E-state index is 4.66. The van der Waals surface area contributed by atoms with Crippen LogP contribution in [0.4, 0.5) is 5.95 Å². The van der Waals surface area contributed by atoms with E-state index in [2.05, 4.69) is 42.5 Å². The van der Waals surface area contributed by atoms with E-state index in [-0.39, 0.29) is 6.04 Å². The Morgan fingerprint density at radius 1 is 0.963 bits per heavy atom. The standard InChI is InChI=1S/C20H19N7/c1-2-5-16(6-3-1)19(9-12-27-15-22-14-24-27)26-20-23-11-8-18(25-20)17-7-4-10-21-13-17/h1-8,10-11,13-15,19H,9,12H2,(H,23,25,26)/t19-/m1/s1. The number of pyridine rings is 1. The van der Waals surface area contributed by atoms with Gasteiger partial charge in [0.15, 0.2) is 0 Å². The SMILES string of the molecule is c1ccc([C@@H](CCn2cncn2)Nc2nccc(-c3cccnc3)n2)cc1. The highest BCUT2D eigenvalue weighted by molar-refractivity contribution is 5.58. The van der Waals surface area contributed by atoms with Crippen molar-refractivity contribution in [2.45, 2.75) is 19.0 Å². The van der Waals surface area contributed by atoms with E-state index in [0.29, 0.717) is 5.95 Å². The molecule has 0 spiro atoms. The van der Waals surface area contributed by atoms with Crippen molar-refractivity contribution in [1.82, 2.24) is 29.7 Å². The van der Waals surface area contributed by atoms with Gasteiger partial charge in [-0.05, 0) is 30.2 Å². The summed E-state index contributed by atoms with van der Waals surface area (Å²) < 4.78 is 1.82. The molecule has 134 valence electrons. The smallest absolute Gasteiger partial charge is 0.223 e. The topological polar surface area (TPSA) is 81.4 Å².